The topological polar surface area (TPSA) is 53.1 Å². The molecule has 0 fully saturated rings. The van der Waals surface area contributed by atoms with Gasteiger partial charge in [-0.3, -0.25) is 4.79 Å². The molecular weight excluding hydrogens is 296 g/mol. The van der Waals surface area contributed by atoms with E-state index in [-0.39, 0.29) is 22.8 Å². The number of nitrogens with one attached hydrogen (secondary N) is 1. The second-order valence-corrected chi connectivity index (χ2v) is 4.78. The lowest BCUT2D eigenvalue weighted by Gasteiger charge is -2.11. The molecule has 0 aliphatic carbocycles. The molecule has 0 aliphatic rings. The first kappa shape index (κ1) is 13.4. The van der Waals surface area contributed by atoms with Crippen LogP contribution in [0.1, 0.15) is 5.56 Å². The van der Waals surface area contributed by atoms with Gasteiger partial charge in [0, 0.05) is 11.8 Å². The lowest BCUT2D eigenvalue weighted by molar-refractivity contribution is 0.282. The van der Waals surface area contributed by atoms with E-state index in [1.807, 2.05) is 0 Å². The highest BCUT2D eigenvalue weighted by molar-refractivity contribution is 6.46. The largest absolute Gasteiger partial charge is 0.392 e. The van der Waals surface area contributed by atoms with E-state index in [9.17, 15) is 9.90 Å². The molecule has 1 heterocycles. The molecule has 1 aromatic heterocycles. The quantitative estimate of drug-likeness (QED) is 0.834. The molecule has 2 rings (SSSR count). The van der Waals surface area contributed by atoms with Gasteiger partial charge in [0.1, 0.15) is 0 Å². The Kier molecular flexibility index (Phi) is 3.97. The van der Waals surface area contributed by atoms with Gasteiger partial charge in [0.2, 0.25) is 0 Å². The SMILES string of the molecule is O=c1[nH]ccc(CO)c1-c1c(Cl)ccc(Cl)c1Cl. The van der Waals surface area contributed by atoms with Crippen molar-refractivity contribution in [3.05, 3.63) is 55.4 Å². The standard InChI is InChI=1S/C12H8Cl3NO2/c13-7-1-2-8(14)11(15)10(7)9-6(5-17)3-4-16-12(9)18/h1-4,17H,5H2,(H,16,18). The van der Waals surface area contributed by atoms with Crippen molar-refractivity contribution in [3.63, 3.8) is 0 Å². The van der Waals surface area contributed by atoms with Crippen LogP contribution in [0.25, 0.3) is 11.1 Å². The van der Waals surface area contributed by atoms with Gasteiger partial charge in [-0.05, 0) is 23.8 Å². The number of rotatable bonds is 2. The normalized spacial score (nSPS) is 10.7. The van der Waals surface area contributed by atoms with E-state index in [0.717, 1.165) is 0 Å². The molecule has 1 aromatic carbocycles. The van der Waals surface area contributed by atoms with Gasteiger partial charge in [-0.2, -0.15) is 0 Å². The molecule has 18 heavy (non-hydrogen) atoms. The van der Waals surface area contributed by atoms with Gasteiger partial charge in [-0.25, -0.2) is 0 Å². The van der Waals surface area contributed by atoms with Gasteiger partial charge in [0.25, 0.3) is 5.56 Å². The van der Waals surface area contributed by atoms with E-state index in [1.54, 1.807) is 18.2 Å². The summed E-state index contributed by atoms with van der Waals surface area (Å²) in [5.41, 5.74) is 0.617. The summed E-state index contributed by atoms with van der Waals surface area (Å²) in [6.45, 7) is -0.293. The van der Waals surface area contributed by atoms with Crippen molar-refractivity contribution in [2.75, 3.05) is 0 Å². The third-order valence-corrected chi connectivity index (χ3v) is 3.63. The summed E-state index contributed by atoms with van der Waals surface area (Å²) in [7, 11) is 0. The van der Waals surface area contributed by atoms with E-state index < -0.39 is 0 Å². The van der Waals surface area contributed by atoms with Crippen LogP contribution in [0.5, 0.6) is 0 Å². The van der Waals surface area contributed by atoms with Crippen LogP contribution in [0.4, 0.5) is 0 Å². The monoisotopic (exact) mass is 303 g/mol. The molecule has 0 radical (unpaired) electrons. The van der Waals surface area contributed by atoms with E-state index in [4.69, 9.17) is 34.8 Å². The third kappa shape index (κ3) is 2.27. The summed E-state index contributed by atoms with van der Waals surface area (Å²) >= 11 is 18.1. The highest BCUT2D eigenvalue weighted by Crippen LogP contribution is 2.38. The van der Waals surface area contributed by atoms with Crippen molar-refractivity contribution in [1.29, 1.82) is 0 Å². The Morgan fingerprint density at radius 2 is 1.72 bits per heavy atom. The van der Waals surface area contributed by atoms with Gasteiger partial charge in [0.05, 0.1) is 27.2 Å². The first-order valence-electron chi connectivity index (χ1n) is 5.01. The Hall–Kier alpha value is -1.000. The predicted molar refractivity (Wildman–Crippen MR) is 73.5 cm³/mol. The van der Waals surface area contributed by atoms with Gasteiger partial charge in [-0.1, -0.05) is 34.8 Å². The number of aromatic amines is 1. The lowest BCUT2D eigenvalue weighted by atomic mass is 10.0. The average molecular weight is 305 g/mol. The molecule has 3 nitrogen and oxygen atoms in total. The third-order valence-electron chi connectivity index (χ3n) is 2.51. The van der Waals surface area contributed by atoms with E-state index in [1.165, 1.54) is 6.20 Å². The first-order valence-corrected chi connectivity index (χ1v) is 6.15. The molecule has 2 N–H and O–H groups in total. The summed E-state index contributed by atoms with van der Waals surface area (Å²) in [4.78, 5) is 14.4. The van der Waals surface area contributed by atoms with E-state index in [2.05, 4.69) is 4.98 Å². The summed E-state index contributed by atoms with van der Waals surface area (Å²) < 4.78 is 0. The smallest absolute Gasteiger partial charge is 0.256 e. The first-order chi connectivity index (χ1) is 8.56. The fraction of sp³-hybridized carbons (Fsp3) is 0.0833. The lowest BCUT2D eigenvalue weighted by Crippen LogP contribution is -2.11. The van der Waals surface area contributed by atoms with Crippen LogP contribution in [0.3, 0.4) is 0 Å². The van der Waals surface area contributed by atoms with Gasteiger partial charge < -0.3 is 10.1 Å². The number of pyridine rings is 1. The minimum absolute atomic E-state index is 0.190. The molecule has 0 atom stereocenters. The highest BCUT2D eigenvalue weighted by atomic mass is 35.5. The van der Waals surface area contributed by atoms with E-state index >= 15 is 0 Å². The van der Waals surface area contributed by atoms with Crippen LogP contribution < -0.4 is 5.56 Å². The zero-order valence-corrected chi connectivity index (χ0v) is 11.3. The van der Waals surface area contributed by atoms with Crippen molar-refractivity contribution >= 4 is 34.8 Å². The van der Waals surface area contributed by atoms with Crippen molar-refractivity contribution in [2.45, 2.75) is 6.61 Å². The molecule has 0 saturated heterocycles. The second-order valence-electron chi connectivity index (χ2n) is 3.58. The zero-order chi connectivity index (χ0) is 13.3. The van der Waals surface area contributed by atoms with Crippen LogP contribution in [0.2, 0.25) is 15.1 Å². The summed E-state index contributed by atoms with van der Waals surface area (Å²) in [6.07, 6.45) is 1.45. The molecule has 94 valence electrons. The van der Waals surface area contributed by atoms with Crippen molar-refractivity contribution < 1.29 is 5.11 Å². The Morgan fingerprint density at radius 3 is 2.39 bits per heavy atom. The van der Waals surface area contributed by atoms with Crippen LogP contribution in [0.15, 0.2) is 29.2 Å². The highest BCUT2D eigenvalue weighted by Gasteiger charge is 2.17. The van der Waals surface area contributed by atoms with Crippen LogP contribution in [-0.4, -0.2) is 10.1 Å². The number of hydrogen-bond acceptors (Lipinski definition) is 2. The van der Waals surface area contributed by atoms with Crippen LogP contribution in [-0.2, 0) is 6.61 Å². The van der Waals surface area contributed by atoms with Crippen molar-refractivity contribution in [3.8, 4) is 11.1 Å². The Morgan fingerprint density at radius 1 is 1.06 bits per heavy atom. The molecule has 0 aliphatic heterocycles. The maximum absolute atomic E-state index is 11.9. The van der Waals surface area contributed by atoms with Gasteiger partial charge in [-0.15, -0.1) is 0 Å². The molecule has 2 aromatic rings. The summed E-state index contributed by atoms with van der Waals surface area (Å²) in [6, 6.07) is 4.69. The molecular formula is C12H8Cl3NO2. The molecule has 0 spiro atoms. The number of benzene rings is 1. The fourth-order valence-electron chi connectivity index (χ4n) is 1.68. The maximum atomic E-state index is 11.9. The molecule has 0 amide bonds. The Labute approximate surface area is 118 Å². The van der Waals surface area contributed by atoms with E-state index in [0.29, 0.717) is 21.2 Å². The number of hydrogen-bond donors (Lipinski definition) is 2. The number of aromatic nitrogens is 1. The number of aliphatic hydroxyl groups is 1. The number of aliphatic hydroxyl groups excluding tert-OH is 1. The minimum atomic E-state index is -0.382. The maximum Gasteiger partial charge on any atom is 0.256 e. The number of halogens is 3. The zero-order valence-electron chi connectivity index (χ0n) is 9.01. The average Bonchev–Trinajstić information content (AvgIpc) is 2.36. The molecule has 0 unspecified atom stereocenters. The molecule has 0 bridgehead atoms. The number of H-pyrrole nitrogens is 1. The minimum Gasteiger partial charge on any atom is -0.392 e. The molecule has 0 saturated carbocycles. The second kappa shape index (κ2) is 5.33. The van der Waals surface area contributed by atoms with Crippen LogP contribution >= 0.6 is 34.8 Å². The van der Waals surface area contributed by atoms with Crippen LogP contribution in [0, 0.1) is 0 Å². The van der Waals surface area contributed by atoms with Gasteiger partial charge >= 0.3 is 0 Å². The Bertz CT molecular complexity index is 652. The Balaban J connectivity index is 2.85. The summed E-state index contributed by atoms with van der Waals surface area (Å²) in [5.74, 6) is 0. The molecule has 6 heteroatoms. The predicted octanol–water partition coefficient (Wildman–Crippen LogP) is 3.49. The van der Waals surface area contributed by atoms with Crippen molar-refractivity contribution in [1.82, 2.24) is 4.98 Å². The van der Waals surface area contributed by atoms with Crippen molar-refractivity contribution in [2.24, 2.45) is 0 Å². The van der Waals surface area contributed by atoms with Gasteiger partial charge in [0.15, 0.2) is 0 Å². The summed E-state index contributed by atoms with van der Waals surface area (Å²) in [5, 5.41) is 10.1. The fourth-order valence-corrected chi connectivity index (χ4v) is 2.40.